The lowest BCUT2D eigenvalue weighted by Gasteiger charge is -2.15. The fourth-order valence-electron chi connectivity index (χ4n) is 1.80. The summed E-state index contributed by atoms with van der Waals surface area (Å²) >= 11 is 0. The topological polar surface area (TPSA) is 55.1 Å². The second-order valence-electron chi connectivity index (χ2n) is 4.77. The molecular weight excluding hydrogens is 269 g/mol. The van der Waals surface area contributed by atoms with Crippen LogP contribution in [0.1, 0.15) is 37.3 Å². The highest BCUT2D eigenvalue weighted by molar-refractivity contribution is 5.94. The van der Waals surface area contributed by atoms with Crippen LogP contribution in [-0.2, 0) is 11.0 Å². The number of nitrogens with two attached hydrogens (primary N) is 1. The zero-order valence-electron chi connectivity index (χ0n) is 11.6. The fraction of sp³-hybridized carbons (Fsp3) is 0.500. The Hall–Kier alpha value is -1.56. The molecule has 0 saturated carbocycles. The van der Waals surface area contributed by atoms with Crippen molar-refractivity contribution in [3.05, 3.63) is 29.3 Å². The van der Waals surface area contributed by atoms with Gasteiger partial charge in [0.1, 0.15) is 0 Å². The van der Waals surface area contributed by atoms with Crippen LogP contribution in [0.5, 0.6) is 0 Å². The van der Waals surface area contributed by atoms with Crippen LogP contribution in [0.25, 0.3) is 0 Å². The van der Waals surface area contributed by atoms with Crippen LogP contribution in [0.15, 0.2) is 18.2 Å². The molecule has 0 fully saturated rings. The summed E-state index contributed by atoms with van der Waals surface area (Å²) in [5, 5.41) is 2.43. The average Bonchev–Trinajstić information content (AvgIpc) is 2.36. The molecule has 112 valence electrons. The molecule has 20 heavy (non-hydrogen) atoms. The molecule has 0 saturated heterocycles. The number of alkyl halides is 3. The molecule has 0 unspecified atom stereocenters. The van der Waals surface area contributed by atoms with Crippen molar-refractivity contribution in [2.45, 2.75) is 45.3 Å². The lowest BCUT2D eigenvalue weighted by atomic mass is 10.1. The highest BCUT2D eigenvalue weighted by Crippen LogP contribution is 2.33. The van der Waals surface area contributed by atoms with E-state index >= 15 is 0 Å². The zero-order chi connectivity index (χ0) is 15.3. The number of hydrogen-bond donors (Lipinski definition) is 2. The van der Waals surface area contributed by atoms with E-state index in [4.69, 9.17) is 5.73 Å². The van der Waals surface area contributed by atoms with Gasteiger partial charge >= 0.3 is 6.18 Å². The first kappa shape index (κ1) is 16.5. The van der Waals surface area contributed by atoms with Crippen LogP contribution in [-0.4, -0.2) is 11.9 Å². The summed E-state index contributed by atoms with van der Waals surface area (Å²) < 4.78 is 38.3. The first-order valence-electron chi connectivity index (χ1n) is 6.50. The van der Waals surface area contributed by atoms with Gasteiger partial charge in [0, 0.05) is 5.69 Å². The smallest absolute Gasteiger partial charge is 0.325 e. The van der Waals surface area contributed by atoms with E-state index in [9.17, 15) is 18.0 Å². The zero-order valence-corrected chi connectivity index (χ0v) is 11.6. The number of anilines is 1. The van der Waals surface area contributed by atoms with E-state index in [1.807, 2.05) is 6.92 Å². The third-order valence-electron chi connectivity index (χ3n) is 3.02. The Balaban J connectivity index is 2.81. The summed E-state index contributed by atoms with van der Waals surface area (Å²) in [6.07, 6.45) is -2.21. The predicted molar refractivity (Wildman–Crippen MR) is 72.3 cm³/mol. The molecular formula is C14H19F3N2O. The number of amides is 1. The predicted octanol–water partition coefficient (Wildman–Crippen LogP) is 3.47. The molecule has 0 heterocycles. The summed E-state index contributed by atoms with van der Waals surface area (Å²) in [4.78, 5) is 11.7. The monoisotopic (exact) mass is 288 g/mol. The van der Waals surface area contributed by atoms with Crippen LogP contribution in [0.3, 0.4) is 0 Å². The molecule has 1 atom stereocenters. The number of halogens is 3. The largest absolute Gasteiger partial charge is 0.416 e. The maximum atomic E-state index is 12.8. The molecule has 0 aliphatic carbocycles. The lowest BCUT2D eigenvalue weighted by Crippen LogP contribution is -2.35. The van der Waals surface area contributed by atoms with Crippen LogP contribution < -0.4 is 11.1 Å². The summed E-state index contributed by atoms with van der Waals surface area (Å²) in [6, 6.07) is 3.00. The Labute approximate surface area is 116 Å². The number of carbonyl (C=O) groups excluding carboxylic acids is 1. The number of nitrogens with one attached hydrogen (secondary N) is 1. The normalized spacial score (nSPS) is 13.1. The number of carbonyl (C=O) groups is 1. The highest BCUT2D eigenvalue weighted by Gasteiger charge is 2.32. The second kappa shape index (κ2) is 6.74. The van der Waals surface area contributed by atoms with Gasteiger partial charge in [-0.3, -0.25) is 4.79 Å². The van der Waals surface area contributed by atoms with E-state index in [-0.39, 0.29) is 11.3 Å². The van der Waals surface area contributed by atoms with Crippen LogP contribution >= 0.6 is 0 Å². The van der Waals surface area contributed by atoms with E-state index in [0.717, 1.165) is 18.9 Å². The van der Waals surface area contributed by atoms with Gasteiger partial charge in [0.05, 0.1) is 11.6 Å². The Morgan fingerprint density at radius 2 is 2.05 bits per heavy atom. The first-order valence-corrected chi connectivity index (χ1v) is 6.50. The number of benzene rings is 1. The van der Waals surface area contributed by atoms with Crippen molar-refractivity contribution in [2.75, 3.05) is 5.32 Å². The minimum atomic E-state index is -4.44. The number of hydrogen-bond acceptors (Lipinski definition) is 2. The Morgan fingerprint density at radius 1 is 1.40 bits per heavy atom. The van der Waals surface area contributed by atoms with Gasteiger partial charge in [-0.15, -0.1) is 0 Å². The second-order valence-corrected chi connectivity index (χ2v) is 4.77. The van der Waals surface area contributed by atoms with Gasteiger partial charge in [0.25, 0.3) is 0 Å². The summed E-state index contributed by atoms with van der Waals surface area (Å²) in [7, 11) is 0. The summed E-state index contributed by atoms with van der Waals surface area (Å²) in [5.74, 6) is -0.463. The third-order valence-corrected chi connectivity index (χ3v) is 3.02. The molecule has 0 bridgehead atoms. The maximum absolute atomic E-state index is 12.8. The van der Waals surface area contributed by atoms with Crippen molar-refractivity contribution in [3.8, 4) is 0 Å². The average molecular weight is 288 g/mol. The molecule has 0 aromatic heterocycles. The van der Waals surface area contributed by atoms with Gasteiger partial charge in [-0.1, -0.05) is 25.8 Å². The number of aryl methyl sites for hydroxylation is 1. The first-order chi connectivity index (χ1) is 9.25. The highest BCUT2D eigenvalue weighted by atomic mass is 19.4. The van der Waals surface area contributed by atoms with E-state index in [1.165, 1.54) is 19.1 Å². The van der Waals surface area contributed by atoms with Crippen LogP contribution in [0, 0.1) is 6.92 Å². The molecule has 1 rings (SSSR count). The van der Waals surface area contributed by atoms with Gasteiger partial charge in [-0.2, -0.15) is 13.2 Å². The Kier molecular flexibility index (Phi) is 5.56. The van der Waals surface area contributed by atoms with Gasteiger partial charge in [0.2, 0.25) is 5.91 Å². The van der Waals surface area contributed by atoms with Crippen molar-refractivity contribution in [1.82, 2.24) is 0 Å². The van der Waals surface area contributed by atoms with E-state index < -0.39 is 23.7 Å². The molecule has 1 aromatic carbocycles. The minimum Gasteiger partial charge on any atom is -0.325 e. The van der Waals surface area contributed by atoms with Crippen molar-refractivity contribution in [2.24, 2.45) is 5.73 Å². The van der Waals surface area contributed by atoms with Gasteiger partial charge < -0.3 is 11.1 Å². The standard InChI is InChI=1S/C14H19F3N2O/c1-3-4-5-12(18)13(20)19-10-7-6-9(2)11(8-10)14(15,16)17/h6-8,12H,3-5,18H2,1-2H3,(H,19,20)/t12-/m0/s1. The molecule has 1 aromatic rings. The van der Waals surface area contributed by atoms with E-state index in [2.05, 4.69) is 5.32 Å². The van der Waals surface area contributed by atoms with E-state index in [1.54, 1.807) is 0 Å². The Morgan fingerprint density at radius 3 is 2.60 bits per heavy atom. The van der Waals surface area contributed by atoms with E-state index in [0.29, 0.717) is 6.42 Å². The third kappa shape index (κ3) is 4.52. The van der Waals surface area contributed by atoms with Crippen LogP contribution in [0.4, 0.5) is 18.9 Å². The molecule has 0 spiro atoms. The lowest BCUT2D eigenvalue weighted by molar-refractivity contribution is -0.138. The maximum Gasteiger partial charge on any atom is 0.416 e. The fourth-order valence-corrected chi connectivity index (χ4v) is 1.80. The molecule has 0 radical (unpaired) electrons. The van der Waals surface area contributed by atoms with Gasteiger partial charge in [0.15, 0.2) is 0 Å². The SMILES string of the molecule is CCCC[C@H](N)C(=O)Nc1ccc(C)c(C(F)(F)F)c1. The molecule has 0 aliphatic heterocycles. The Bertz CT molecular complexity index is 472. The quantitative estimate of drug-likeness (QED) is 0.871. The van der Waals surface area contributed by atoms with Crippen LogP contribution in [0.2, 0.25) is 0 Å². The van der Waals surface area contributed by atoms with Gasteiger partial charge in [-0.05, 0) is 31.0 Å². The number of rotatable bonds is 5. The van der Waals surface area contributed by atoms with Crippen molar-refractivity contribution >= 4 is 11.6 Å². The molecule has 6 heteroatoms. The number of unbranched alkanes of at least 4 members (excludes halogenated alkanes) is 1. The van der Waals surface area contributed by atoms with Crippen molar-refractivity contribution < 1.29 is 18.0 Å². The molecule has 3 N–H and O–H groups in total. The minimum absolute atomic E-state index is 0.111. The summed E-state index contributed by atoms with van der Waals surface area (Å²) in [6.45, 7) is 3.35. The van der Waals surface area contributed by atoms with Crippen molar-refractivity contribution in [1.29, 1.82) is 0 Å². The molecule has 0 aliphatic rings. The molecule has 3 nitrogen and oxygen atoms in total. The molecule has 1 amide bonds. The summed E-state index contributed by atoms with van der Waals surface area (Å²) in [5.41, 5.74) is 5.15. The van der Waals surface area contributed by atoms with Gasteiger partial charge in [-0.25, -0.2) is 0 Å². The van der Waals surface area contributed by atoms with Crippen molar-refractivity contribution in [3.63, 3.8) is 0 Å².